The lowest BCUT2D eigenvalue weighted by Gasteiger charge is -2.39. The first-order valence-corrected chi connectivity index (χ1v) is 64.5. The smallest absolute Gasteiger partial charge is 0.228 e. The van der Waals surface area contributed by atoms with Crippen molar-refractivity contribution in [1.82, 2.24) is 14.9 Å². The van der Waals surface area contributed by atoms with E-state index in [1.807, 2.05) is 12.1 Å². The molecule has 2 fully saturated rings. The Hall–Kier alpha value is -3.03. The van der Waals surface area contributed by atoms with Crippen molar-refractivity contribution in [3.8, 4) is 11.5 Å². The van der Waals surface area contributed by atoms with Gasteiger partial charge in [0.2, 0.25) is 11.9 Å². The van der Waals surface area contributed by atoms with Crippen LogP contribution < -0.4 is 20.1 Å². The van der Waals surface area contributed by atoms with Crippen LogP contribution in [-0.4, -0.2) is 61.2 Å². The molecule has 3 aliphatic carbocycles. The van der Waals surface area contributed by atoms with Crippen LogP contribution in [0.15, 0.2) is 24.3 Å². The van der Waals surface area contributed by atoms with Crippen LogP contribution in [0.4, 0.5) is 11.8 Å². The van der Waals surface area contributed by atoms with Crippen LogP contribution >= 0.6 is 0 Å². The first kappa shape index (κ1) is 125. The fourth-order valence-electron chi connectivity index (χ4n) is 24.1. The van der Waals surface area contributed by atoms with Crippen molar-refractivity contribution < 1.29 is 14.3 Å². The van der Waals surface area contributed by atoms with E-state index in [0.29, 0.717) is 67.2 Å². The monoisotopic (exact) mass is 1920 g/mol. The van der Waals surface area contributed by atoms with E-state index >= 15 is 0 Å². The van der Waals surface area contributed by atoms with Crippen LogP contribution in [0, 0.1) is 17.8 Å². The van der Waals surface area contributed by atoms with Gasteiger partial charge in [0, 0.05) is 43.5 Å². The van der Waals surface area contributed by atoms with Crippen LogP contribution in [0.1, 0.15) is 706 Å². The second-order valence-electron chi connectivity index (χ2n) is 46.5. The summed E-state index contributed by atoms with van der Waals surface area (Å²) in [5.74, 6) is 3.59. The normalized spacial score (nSPS) is 24.3. The molecule has 1 aromatic heterocycles. The van der Waals surface area contributed by atoms with Gasteiger partial charge in [-0.25, -0.2) is 4.98 Å². The Morgan fingerprint density at radius 3 is 0.616 bits per heavy atom. The molecule has 1 aromatic carbocycles. The highest BCUT2D eigenvalue weighted by Gasteiger charge is 2.36. The van der Waals surface area contributed by atoms with Gasteiger partial charge in [0.1, 0.15) is 5.82 Å². The van der Waals surface area contributed by atoms with E-state index in [4.69, 9.17) is 25.2 Å². The zero-order chi connectivity index (χ0) is 97.2. The summed E-state index contributed by atoms with van der Waals surface area (Å²) >= 11 is 0. The fraction of sp³-hybridized carbons (Fsp3) is 0.915. The molecular formula is C130H243N5O3. The van der Waals surface area contributed by atoms with Crippen LogP contribution in [0.2, 0.25) is 0 Å². The predicted octanol–water partition coefficient (Wildman–Crippen LogP) is 44.2. The maximum absolute atomic E-state index is 14.8. The van der Waals surface area contributed by atoms with Gasteiger partial charge in [0.25, 0.3) is 0 Å². The van der Waals surface area contributed by atoms with Crippen molar-refractivity contribution in [2.75, 3.05) is 51.0 Å². The van der Waals surface area contributed by atoms with Crippen molar-refractivity contribution in [1.29, 1.82) is 0 Å². The Morgan fingerprint density at radius 2 is 0.420 bits per heavy atom. The molecule has 806 valence electrons. The molecule has 4 aliphatic rings. The first-order chi connectivity index (χ1) is 68.6. The third kappa shape index (κ3) is 74.8. The van der Waals surface area contributed by atoms with Gasteiger partial charge in [0.05, 0.1) is 19.7 Å². The lowest BCUT2D eigenvalue weighted by atomic mass is 9.74. The number of nitrogen functional groups attached to an aromatic ring is 1. The minimum Gasteiger partial charge on any atom is -0.493 e. The van der Waals surface area contributed by atoms with E-state index in [1.54, 1.807) is 14.2 Å². The molecule has 8 heteroatoms. The Kier molecular flexibility index (Phi) is 89.7. The number of anilines is 2. The summed E-state index contributed by atoms with van der Waals surface area (Å²) in [6.45, 7) is 2.76. The molecule has 3 atom stereocenters. The topological polar surface area (TPSA) is 93.8 Å². The summed E-state index contributed by atoms with van der Waals surface area (Å²) in [4.78, 5) is 28.9. The lowest BCUT2D eigenvalue weighted by molar-refractivity contribution is -0.138. The maximum atomic E-state index is 14.8. The molecule has 0 radical (unpaired) electrons. The average Bonchev–Trinajstić information content (AvgIpc) is 0.762. The number of methoxy groups -OCH3 is 2. The molecule has 138 heavy (non-hydrogen) atoms. The van der Waals surface area contributed by atoms with E-state index in [0.717, 1.165) is 23.7 Å². The molecule has 1 saturated carbocycles. The van der Waals surface area contributed by atoms with Gasteiger partial charge in [-0.05, 0) is 37.2 Å². The molecule has 2 heterocycles. The van der Waals surface area contributed by atoms with Gasteiger partial charge in [-0.15, -0.1) is 0 Å². The molecular weight excluding hydrogens is 1680 g/mol. The Morgan fingerprint density at radius 1 is 0.239 bits per heavy atom. The maximum Gasteiger partial charge on any atom is 0.228 e. The van der Waals surface area contributed by atoms with E-state index in [1.165, 1.54) is 693 Å². The number of fused-ring (bicyclic) bond motifs is 110. The van der Waals surface area contributed by atoms with E-state index in [9.17, 15) is 4.79 Å². The molecule has 6 rings (SSSR count). The third-order valence-corrected chi connectivity index (χ3v) is 33.7. The number of ether oxygens (including phenoxy) is 2. The van der Waals surface area contributed by atoms with Gasteiger partial charge in [-0.2, -0.15) is 4.98 Å². The number of allylic oxidation sites excluding steroid dienone is 2. The fourth-order valence-corrected chi connectivity index (χ4v) is 24.1. The van der Waals surface area contributed by atoms with Gasteiger partial charge >= 0.3 is 0 Å². The number of aromatic nitrogens is 2. The van der Waals surface area contributed by atoms with Crippen molar-refractivity contribution >= 4 is 28.6 Å². The first-order valence-electron chi connectivity index (χ1n) is 64.5. The number of hydrogen-bond acceptors (Lipinski definition) is 7. The lowest BCUT2D eigenvalue weighted by Crippen LogP contribution is -2.52. The predicted molar refractivity (Wildman–Crippen MR) is 613 cm³/mol. The highest BCUT2D eigenvalue weighted by molar-refractivity contribution is 5.92. The summed E-state index contributed by atoms with van der Waals surface area (Å²) in [7, 11) is 3.28. The molecule has 0 spiro atoms. The number of benzene rings is 1. The van der Waals surface area contributed by atoms with Crippen molar-refractivity contribution in [3.05, 3.63) is 24.3 Å². The van der Waals surface area contributed by atoms with Gasteiger partial charge in [-0.3, -0.25) is 4.79 Å². The number of carbonyl (C=O) groups is 1. The number of nitrogens with zero attached hydrogens (tertiary/aromatic N) is 4. The van der Waals surface area contributed by atoms with Crippen molar-refractivity contribution in [2.24, 2.45) is 17.8 Å². The molecule has 2 bridgehead atoms. The summed E-state index contributed by atoms with van der Waals surface area (Å²) in [5.41, 5.74) is 7.29. The number of hydrogen-bond donors (Lipinski definition) is 1. The van der Waals surface area contributed by atoms with E-state index in [2.05, 4.69) is 22.0 Å². The molecule has 3 unspecified atom stereocenters. The number of rotatable bonds is 4. The Labute approximate surface area is 863 Å². The van der Waals surface area contributed by atoms with Crippen LogP contribution in [0.25, 0.3) is 10.9 Å². The Bertz CT molecular complexity index is 2830. The molecule has 1 aliphatic heterocycles. The van der Waals surface area contributed by atoms with Crippen LogP contribution in [0.3, 0.4) is 0 Å². The molecule has 1 amide bonds. The van der Waals surface area contributed by atoms with Crippen molar-refractivity contribution in [3.63, 3.8) is 0 Å². The quantitative estimate of drug-likeness (QED) is 0.305. The SMILES string of the molecule is COc1cc2nc(N3CCN(C(=O)C4CC5C=CC4CCCCCCCCCCCCCCCCCCCCCCCCCCCCCCCCCCCCCCCCCCCCCCCCCCCCCCCCCCCCCCCCCCCCCCCCCCCCCCCCCCCCCCCCCCCCCCCCCCCCCCCCCCCCC5)CC3)nc(N)c2cc1OC. The number of carbonyl (C=O) groups excluding carboxylic acids is 1. The van der Waals surface area contributed by atoms with Crippen LogP contribution in [-0.2, 0) is 4.79 Å². The third-order valence-electron chi connectivity index (χ3n) is 33.7. The van der Waals surface area contributed by atoms with Crippen LogP contribution in [0.5, 0.6) is 11.5 Å². The molecule has 8 nitrogen and oxygen atoms in total. The highest BCUT2D eigenvalue weighted by atomic mass is 16.5. The van der Waals surface area contributed by atoms with Crippen molar-refractivity contribution in [2.45, 2.75) is 706 Å². The number of piperazine rings is 1. The summed E-state index contributed by atoms with van der Waals surface area (Å²) < 4.78 is 11.2. The second-order valence-corrected chi connectivity index (χ2v) is 46.5. The average molecular weight is 1920 g/mol. The largest absolute Gasteiger partial charge is 0.493 e. The van der Waals surface area contributed by atoms with Gasteiger partial charge in [-0.1, -0.05) is 699 Å². The van der Waals surface area contributed by atoms with E-state index in [-0.39, 0.29) is 5.92 Å². The second kappa shape index (κ2) is 98.6. The van der Waals surface area contributed by atoms with E-state index < -0.39 is 0 Å². The molecule has 1 saturated heterocycles. The zero-order valence-corrected chi connectivity index (χ0v) is 93.7. The summed E-state index contributed by atoms with van der Waals surface area (Å²) in [6, 6.07) is 3.74. The minimum absolute atomic E-state index is 0.0793. The highest BCUT2D eigenvalue weighted by Crippen LogP contribution is 2.39. The number of nitrogens with two attached hydrogens (primary N) is 1. The van der Waals surface area contributed by atoms with Gasteiger partial charge < -0.3 is 25.0 Å². The zero-order valence-electron chi connectivity index (χ0n) is 93.7. The standard InChI is InChI=1S/C130H243N5O3/c1-137-126-119-124-125(120-127(126)138-2)132-130(133-128(124)131)135-116-114-134(115-117-135)129(136)123-118-121-110-108-106-104-102-100-98-96-94-92-90-88-86-84-82-80-78-76-74-72-70-68-66-64-62-60-58-56-54-52-50-48-46-44-42-40-38-36-34-32-30-28-26-24-22-20-18-16-14-12-10-8-6-4-3-5-7-9-11-13-15-17-19-21-23-25-27-29-31-33-35-37-39-41-43-45-47-49-51-53-55-57-59-61-63-65-67-69-71-73-75-77-79-81-83-85-87-89-91-93-95-97-99-101-103-105-107-109-111-122(123)113-112-121/h112-113,119-123H,3-111,114-118H2,1-2H3,(H2,131,132,133). The number of amides is 1. The van der Waals surface area contributed by atoms with Gasteiger partial charge in [0.15, 0.2) is 11.5 Å². The molecule has 2 N–H and O–H groups in total. The molecule has 2 aromatic rings. The Balaban J connectivity index is 0.846. The summed E-state index contributed by atoms with van der Waals surface area (Å²) in [6.07, 6.45) is 165. The minimum atomic E-state index is 0.0793. The summed E-state index contributed by atoms with van der Waals surface area (Å²) in [5, 5.41) is 0.753.